The highest BCUT2D eigenvalue weighted by molar-refractivity contribution is 6.35. The van der Waals surface area contributed by atoms with Gasteiger partial charge in [-0.1, -0.05) is 32.0 Å². The smallest absolute Gasteiger partial charge is 0.414 e. The Morgan fingerprint density at radius 3 is 2.36 bits per heavy atom. The fourth-order valence-corrected chi connectivity index (χ4v) is 4.97. The number of anilines is 1. The predicted octanol–water partition coefficient (Wildman–Crippen LogP) is 2.68. The average molecular weight is 589 g/mol. The van der Waals surface area contributed by atoms with Gasteiger partial charge in [0.05, 0.1) is 11.7 Å². The van der Waals surface area contributed by atoms with Gasteiger partial charge in [-0.25, -0.2) is 14.4 Å². The minimum Gasteiger partial charge on any atom is -0.475 e. The van der Waals surface area contributed by atoms with Gasteiger partial charge in [-0.3, -0.25) is 19.3 Å². The lowest BCUT2D eigenvalue weighted by Gasteiger charge is -2.35. The van der Waals surface area contributed by atoms with E-state index >= 15 is 0 Å². The first kappa shape index (κ1) is 32.4. The molecule has 1 aromatic rings. The third-order valence-corrected chi connectivity index (χ3v) is 6.89. The quantitative estimate of drug-likeness (QED) is 0.299. The van der Waals surface area contributed by atoms with Crippen LogP contribution in [0.25, 0.3) is 0 Å². The van der Waals surface area contributed by atoms with Gasteiger partial charge in [0.15, 0.2) is 0 Å². The molecule has 3 rings (SSSR count). The number of benzene rings is 1. The van der Waals surface area contributed by atoms with Gasteiger partial charge in [-0.15, -0.1) is 0 Å². The molecule has 230 valence electrons. The van der Waals surface area contributed by atoms with Crippen molar-refractivity contribution in [2.45, 2.75) is 84.1 Å². The summed E-state index contributed by atoms with van der Waals surface area (Å²) in [5.41, 5.74) is 0.443. The summed E-state index contributed by atoms with van der Waals surface area (Å²) in [4.78, 5) is 76.4. The third-order valence-electron chi connectivity index (χ3n) is 6.89. The van der Waals surface area contributed by atoms with Crippen LogP contribution >= 0.6 is 0 Å². The van der Waals surface area contributed by atoms with Gasteiger partial charge in [0.1, 0.15) is 17.7 Å². The number of fused-ring (bicyclic) bond motifs is 1. The van der Waals surface area contributed by atoms with Crippen LogP contribution in [-0.4, -0.2) is 71.6 Å². The van der Waals surface area contributed by atoms with Crippen LogP contribution in [0.4, 0.5) is 15.3 Å². The van der Waals surface area contributed by atoms with Crippen molar-refractivity contribution >= 4 is 41.4 Å². The van der Waals surface area contributed by atoms with Gasteiger partial charge < -0.3 is 30.5 Å². The van der Waals surface area contributed by atoms with Gasteiger partial charge in [0.25, 0.3) is 5.78 Å². The summed E-state index contributed by atoms with van der Waals surface area (Å²) < 4.78 is 11.2. The van der Waals surface area contributed by atoms with Crippen LogP contribution in [-0.2, 0) is 28.7 Å². The number of carbonyl (C=O) groups excluding carboxylic acids is 5. The highest BCUT2D eigenvalue weighted by atomic mass is 16.6. The van der Waals surface area contributed by atoms with Crippen LogP contribution < -0.4 is 20.9 Å². The largest absolute Gasteiger partial charge is 0.475 e. The topological polar surface area (TPSA) is 180 Å². The number of rotatable bonds is 10. The Morgan fingerprint density at radius 2 is 1.76 bits per heavy atom. The Balaban J connectivity index is 1.72. The molecule has 42 heavy (non-hydrogen) atoms. The maximum atomic E-state index is 13.2. The van der Waals surface area contributed by atoms with E-state index in [2.05, 4.69) is 16.0 Å². The maximum Gasteiger partial charge on any atom is 0.414 e. The molecule has 2 unspecified atom stereocenters. The fourth-order valence-electron chi connectivity index (χ4n) is 4.97. The summed E-state index contributed by atoms with van der Waals surface area (Å²) in [7, 11) is 0. The number of amides is 4. The normalized spacial score (nSPS) is 19.7. The van der Waals surface area contributed by atoms with Crippen LogP contribution in [0.3, 0.4) is 0 Å². The van der Waals surface area contributed by atoms with Crippen LogP contribution in [0.15, 0.2) is 24.3 Å². The number of ether oxygens (including phenoxy) is 2. The maximum absolute atomic E-state index is 13.2. The molecule has 0 aliphatic carbocycles. The molecular formula is C29H40N4O9. The molecule has 0 bridgehead atoms. The number of Topliss-reactive ketones (excluding diaryl/α,β-unsaturated/α-hetero) is 1. The van der Waals surface area contributed by atoms with E-state index in [-0.39, 0.29) is 37.6 Å². The molecule has 1 aromatic carbocycles. The number of hydrogen-bond acceptors (Lipinski definition) is 8. The average Bonchev–Trinajstić information content (AvgIpc) is 3.30. The van der Waals surface area contributed by atoms with Crippen molar-refractivity contribution in [1.29, 1.82) is 0 Å². The first-order valence-corrected chi connectivity index (χ1v) is 14.1. The predicted molar refractivity (Wildman–Crippen MR) is 151 cm³/mol. The summed E-state index contributed by atoms with van der Waals surface area (Å²) in [6, 6.07) is 4.39. The molecule has 0 saturated carbocycles. The Kier molecular flexibility index (Phi) is 10.5. The molecule has 2 aliphatic heterocycles. The summed E-state index contributed by atoms with van der Waals surface area (Å²) in [6.45, 7) is 9.60. The first-order valence-electron chi connectivity index (χ1n) is 14.1. The molecule has 2 aliphatic rings. The van der Waals surface area contributed by atoms with Gasteiger partial charge >= 0.3 is 18.2 Å². The number of para-hydroxylation sites is 1. The van der Waals surface area contributed by atoms with E-state index in [4.69, 9.17) is 9.47 Å². The van der Waals surface area contributed by atoms with Crippen LogP contribution in [0.2, 0.25) is 0 Å². The van der Waals surface area contributed by atoms with E-state index in [9.17, 15) is 33.9 Å². The van der Waals surface area contributed by atoms with Crippen LogP contribution in [0.5, 0.6) is 0 Å². The van der Waals surface area contributed by atoms with Gasteiger partial charge in [0.2, 0.25) is 11.8 Å². The second-order valence-corrected chi connectivity index (χ2v) is 11.9. The number of carboxylic acid groups (broad SMARTS) is 1. The van der Waals surface area contributed by atoms with Crippen LogP contribution in [0, 0.1) is 11.8 Å². The Hall–Kier alpha value is -4.16. The lowest BCUT2D eigenvalue weighted by atomic mass is 9.95. The number of alkyl carbamates (subject to hydrolysis) is 1. The van der Waals surface area contributed by atoms with Crippen molar-refractivity contribution in [3.8, 4) is 0 Å². The Labute approximate surface area is 244 Å². The van der Waals surface area contributed by atoms with Crippen molar-refractivity contribution in [3.63, 3.8) is 0 Å². The highest BCUT2D eigenvalue weighted by Gasteiger charge is 2.37. The molecular weight excluding hydrogens is 548 g/mol. The SMILES string of the molecule is CC(C)C[C@H](NC(=O)OC1CCN(C(=O)OC(C)(C)C)c2ccccc21)C(=O)N[C@@H](CC1CCNC1=O)C(=O)C(=O)O. The van der Waals surface area contributed by atoms with E-state index in [0.717, 1.165) is 0 Å². The number of carboxylic acids is 1. The molecule has 1 saturated heterocycles. The number of aliphatic carboxylic acids is 1. The van der Waals surface area contributed by atoms with Crippen LogP contribution in [0.1, 0.15) is 72.0 Å². The Bertz CT molecular complexity index is 1210. The third kappa shape index (κ3) is 8.67. The lowest BCUT2D eigenvalue weighted by Crippen LogP contribution is -2.54. The number of carbonyl (C=O) groups is 6. The second-order valence-electron chi connectivity index (χ2n) is 11.9. The van der Waals surface area contributed by atoms with Crippen molar-refractivity contribution in [3.05, 3.63) is 29.8 Å². The van der Waals surface area contributed by atoms with Crippen molar-refractivity contribution in [2.24, 2.45) is 11.8 Å². The summed E-state index contributed by atoms with van der Waals surface area (Å²) in [5, 5.41) is 16.9. The minimum atomic E-state index is -1.73. The second kappa shape index (κ2) is 13.7. The van der Waals surface area contributed by atoms with E-state index in [1.54, 1.807) is 45.0 Å². The van der Waals surface area contributed by atoms with Gasteiger partial charge in [0, 0.05) is 31.0 Å². The molecule has 0 spiro atoms. The minimum absolute atomic E-state index is 0.0620. The molecule has 13 heteroatoms. The zero-order valence-corrected chi connectivity index (χ0v) is 24.6. The summed E-state index contributed by atoms with van der Waals surface area (Å²) in [6.07, 6.45) is -1.44. The molecule has 4 N–H and O–H groups in total. The Morgan fingerprint density at radius 1 is 1.07 bits per heavy atom. The number of ketones is 1. The number of hydrogen-bond donors (Lipinski definition) is 4. The molecule has 0 aromatic heterocycles. The lowest BCUT2D eigenvalue weighted by molar-refractivity contribution is -0.151. The standard InChI is InChI=1S/C29H40N4O9/c1-16(2)14-20(25(36)31-19(23(34)26(37)38)15-17-10-12-30-24(17)35)32-27(39)41-22-11-13-33(28(40)42-29(3,4)5)21-9-7-6-8-18(21)22/h6-9,16-17,19-20,22H,10-15H2,1-5H3,(H,30,35)(H,31,36)(H,32,39)(H,37,38)/t17?,19-,20-,22?/m0/s1. The van der Waals surface area contributed by atoms with Gasteiger partial charge in [-0.05, 0) is 52.0 Å². The molecule has 1 fully saturated rings. The van der Waals surface area contributed by atoms with E-state index in [1.165, 1.54) is 4.90 Å². The van der Waals surface area contributed by atoms with Gasteiger partial charge in [-0.2, -0.15) is 0 Å². The molecule has 13 nitrogen and oxygen atoms in total. The van der Waals surface area contributed by atoms with E-state index in [1.807, 2.05) is 13.8 Å². The van der Waals surface area contributed by atoms with Crippen molar-refractivity contribution < 1.29 is 43.3 Å². The monoisotopic (exact) mass is 588 g/mol. The van der Waals surface area contributed by atoms with E-state index in [0.29, 0.717) is 24.2 Å². The zero-order chi connectivity index (χ0) is 31.2. The van der Waals surface area contributed by atoms with Crippen molar-refractivity contribution in [2.75, 3.05) is 18.0 Å². The van der Waals surface area contributed by atoms with E-state index < -0.39 is 59.6 Å². The molecule has 0 radical (unpaired) electrons. The summed E-state index contributed by atoms with van der Waals surface area (Å²) in [5.74, 6) is -4.74. The fraction of sp³-hybridized carbons (Fsp3) is 0.586. The number of nitrogens with zero attached hydrogens (tertiary/aromatic N) is 1. The molecule has 2 heterocycles. The zero-order valence-electron chi connectivity index (χ0n) is 24.6. The first-order chi connectivity index (χ1) is 19.7. The highest BCUT2D eigenvalue weighted by Crippen LogP contribution is 2.36. The number of nitrogens with one attached hydrogen (secondary N) is 3. The molecule has 4 atom stereocenters. The summed E-state index contributed by atoms with van der Waals surface area (Å²) >= 11 is 0. The van der Waals surface area contributed by atoms with Crippen molar-refractivity contribution in [1.82, 2.24) is 16.0 Å². The molecule has 4 amide bonds.